The first kappa shape index (κ1) is 13.6. The molecule has 0 heterocycles. The van der Waals surface area contributed by atoms with Gasteiger partial charge in [0.05, 0.1) is 0 Å². The highest BCUT2D eigenvalue weighted by molar-refractivity contribution is 5.97. The van der Waals surface area contributed by atoms with Gasteiger partial charge in [-0.1, -0.05) is 55.7 Å². The molecule has 1 nitrogen and oxygen atoms in total. The quantitative estimate of drug-likeness (QED) is 0.687. The molecule has 1 aromatic rings. The van der Waals surface area contributed by atoms with Crippen molar-refractivity contribution < 1.29 is 4.79 Å². The van der Waals surface area contributed by atoms with Crippen LogP contribution in [0.5, 0.6) is 0 Å². The van der Waals surface area contributed by atoms with Crippen molar-refractivity contribution >= 4 is 5.78 Å². The molecule has 1 heteroatoms. The zero-order valence-electron chi connectivity index (χ0n) is 12.2. The van der Waals surface area contributed by atoms with E-state index in [1.807, 2.05) is 0 Å². The van der Waals surface area contributed by atoms with E-state index in [4.69, 9.17) is 0 Å². The van der Waals surface area contributed by atoms with Crippen molar-refractivity contribution in [2.24, 2.45) is 5.92 Å². The fourth-order valence-electron chi connectivity index (χ4n) is 3.76. The minimum Gasteiger partial charge on any atom is -0.295 e. The molecule has 1 atom stereocenters. The van der Waals surface area contributed by atoms with Crippen molar-refractivity contribution in [3.05, 3.63) is 47.5 Å². The van der Waals surface area contributed by atoms with Crippen LogP contribution in [0.15, 0.2) is 42.0 Å². The molecule has 0 unspecified atom stereocenters. The maximum atomic E-state index is 12.4. The van der Waals surface area contributed by atoms with E-state index in [0.29, 0.717) is 17.6 Å². The Balaban J connectivity index is 1.86. The highest BCUT2D eigenvalue weighted by Gasteiger charge is 2.27. The van der Waals surface area contributed by atoms with E-state index < -0.39 is 0 Å². The van der Waals surface area contributed by atoms with E-state index in [9.17, 15) is 4.79 Å². The number of hydrogen-bond donors (Lipinski definition) is 0. The summed E-state index contributed by atoms with van der Waals surface area (Å²) in [6.45, 7) is 0. The predicted molar refractivity (Wildman–Crippen MR) is 82.7 cm³/mol. The molecule has 0 radical (unpaired) electrons. The van der Waals surface area contributed by atoms with Gasteiger partial charge in [-0.3, -0.25) is 4.79 Å². The normalized spacial score (nSPS) is 26.9. The lowest BCUT2D eigenvalue weighted by Gasteiger charge is -2.27. The number of ketones is 1. The fourth-order valence-corrected chi connectivity index (χ4v) is 3.76. The third-order valence-electron chi connectivity index (χ3n) is 4.86. The van der Waals surface area contributed by atoms with Gasteiger partial charge in [0.15, 0.2) is 5.78 Å². The molecule has 3 rings (SSSR count). The Kier molecular flexibility index (Phi) is 4.34. The van der Waals surface area contributed by atoms with E-state index in [1.165, 1.54) is 37.7 Å². The minimum atomic E-state index is 0.347. The minimum absolute atomic E-state index is 0.347. The Morgan fingerprint density at radius 1 is 0.900 bits per heavy atom. The molecule has 2 saturated carbocycles. The number of benzene rings is 1. The maximum Gasteiger partial charge on any atom is 0.159 e. The summed E-state index contributed by atoms with van der Waals surface area (Å²) in [5.41, 5.74) is 2.44. The molecular formula is C19H24O. The lowest BCUT2D eigenvalue weighted by Crippen LogP contribution is -2.19. The van der Waals surface area contributed by atoms with E-state index in [2.05, 4.69) is 36.4 Å². The van der Waals surface area contributed by atoms with Gasteiger partial charge < -0.3 is 0 Å². The van der Waals surface area contributed by atoms with Crippen molar-refractivity contribution in [3.8, 4) is 0 Å². The molecule has 2 aliphatic rings. The largest absolute Gasteiger partial charge is 0.295 e. The highest BCUT2D eigenvalue weighted by atomic mass is 16.1. The molecule has 106 valence electrons. The number of rotatable bonds is 2. The molecule has 2 fully saturated rings. The summed E-state index contributed by atoms with van der Waals surface area (Å²) in [5.74, 6) is 1.39. The summed E-state index contributed by atoms with van der Waals surface area (Å²) >= 11 is 0. The van der Waals surface area contributed by atoms with Crippen LogP contribution in [0.4, 0.5) is 0 Å². The van der Waals surface area contributed by atoms with Crippen LogP contribution in [0.25, 0.3) is 0 Å². The Labute approximate surface area is 122 Å². The summed E-state index contributed by atoms with van der Waals surface area (Å²) in [6, 6.07) is 10.6. The first-order valence-corrected chi connectivity index (χ1v) is 8.14. The third-order valence-corrected chi connectivity index (χ3v) is 4.86. The molecule has 0 aliphatic heterocycles. The first-order chi connectivity index (χ1) is 9.84. The van der Waals surface area contributed by atoms with Gasteiger partial charge in [0.2, 0.25) is 0 Å². The van der Waals surface area contributed by atoms with Crippen LogP contribution < -0.4 is 0 Å². The smallest absolute Gasteiger partial charge is 0.159 e. The van der Waals surface area contributed by atoms with Gasteiger partial charge in [-0.05, 0) is 42.7 Å². The average Bonchev–Trinajstić information content (AvgIpc) is 2.51. The highest BCUT2D eigenvalue weighted by Crippen LogP contribution is 2.37. The number of allylic oxidation sites excluding steroid dienone is 2. The zero-order chi connectivity index (χ0) is 13.8. The molecule has 1 aromatic carbocycles. The Morgan fingerprint density at radius 3 is 2.40 bits per heavy atom. The van der Waals surface area contributed by atoms with Gasteiger partial charge in [-0.25, -0.2) is 0 Å². The lowest BCUT2D eigenvalue weighted by molar-refractivity contribution is -0.116. The summed E-state index contributed by atoms with van der Waals surface area (Å²) in [5, 5.41) is 0. The average molecular weight is 268 g/mol. The van der Waals surface area contributed by atoms with Crippen LogP contribution in [0.1, 0.15) is 62.8 Å². The van der Waals surface area contributed by atoms with Crippen molar-refractivity contribution in [3.63, 3.8) is 0 Å². The molecule has 0 spiro atoms. The van der Waals surface area contributed by atoms with Crippen LogP contribution in [-0.2, 0) is 4.79 Å². The second-order valence-corrected chi connectivity index (χ2v) is 6.30. The molecule has 0 saturated heterocycles. The van der Waals surface area contributed by atoms with Crippen molar-refractivity contribution in [2.75, 3.05) is 0 Å². The monoisotopic (exact) mass is 268 g/mol. The van der Waals surface area contributed by atoms with Crippen LogP contribution >= 0.6 is 0 Å². The lowest BCUT2D eigenvalue weighted by atomic mass is 9.76. The van der Waals surface area contributed by atoms with Gasteiger partial charge in [0, 0.05) is 12.3 Å². The number of carbonyl (C=O) groups is 1. The standard InChI is InChI=1S/C19H24O/c20-19-13-7-12-17(16-10-5-2-6-11-16)18(19)14-15-8-3-1-4-9-15/h2,5-6,10-11,14-15,17H,1,3-4,7-9,12-13H2/b18-14+/t17-/m1/s1. The number of hydrogen-bond acceptors (Lipinski definition) is 1. The zero-order valence-corrected chi connectivity index (χ0v) is 12.2. The molecule has 2 aliphatic carbocycles. The maximum absolute atomic E-state index is 12.4. The molecule has 0 amide bonds. The predicted octanol–water partition coefficient (Wildman–Crippen LogP) is 5.03. The summed E-state index contributed by atoms with van der Waals surface area (Å²) in [4.78, 5) is 12.4. The van der Waals surface area contributed by atoms with Crippen LogP contribution in [0, 0.1) is 5.92 Å². The fraction of sp³-hybridized carbons (Fsp3) is 0.526. The van der Waals surface area contributed by atoms with Gasteiger partial charge in [-0.2, -0.15) is 0 Å². The number of Topliss-reactive ketones (excluding diaryl/α,β-unsaturated/α-hetero) is 1. The molecule has 20 heavy (non-hydrogen) atoms. The summed E-state index contributed by atoms with van der Waals surface area (Å²) in [6.07, 6.45) is 11.9. The SMILES string of the molecule is O=C1CCC[C@H](c2ccccc2)/C1=C\C1CCCCC1. The van der Waals surface area contributed by atoms with Crippen LogP contribution in [-0.4, -0.2) is 5.78 Å². The molecule has 0 bridgehead atoms. The first-order valence-electron chi connectivity index (χ1n) is 8.14. The molecule has 0 aromatic heterocycles. The molecule has 0 N–H and O–H groups in total. The van der Waals surface area contributed by atoms with E-state index in [-0.39, 0.29) is 0 Å². The Morgan fingerprint density at radius 2 is 1.65 bits per heavy atom. The van der Waals surface area contributed by atoms with Gasteiger partial charge >= 0.3 is 0 Å². The van der Waals surface area contributed by atoms with Crippen LogP contribution in [0.3, 0.4) is 0 Å². The third kappa shape index (κ3) is 3.03. The van der Waals surface area contributed by atoms with E-state index in [0.717, 1.165) is 24.8 Å². The van der Waals surface area contributed by atoms with Gasteiger partial charge in [-0.15, -0.1) is 0 Å². The second-order valence-electron chi connectivity index (χ2n) is 6.30. The van der Waals surface area contributed by atoms with E-state index >= 15 is 0 Å². The van der Waals surface area contributed by atoms with Gasteiger partial charge in [0.1, 0.15) is 0 Å². The number of carbonyl (C=O) groups excluding carboxylic acids is 1. The summed E-state index contributed by atoms with van der Waals surface area (Å²) < 4.78 is 0. The van der Waals surface area contributed by atoms with Crippen LogP contribution in [0.2, 0.25) is 0 Å². The second kappa shape index (κ2) is 6.39. The molecular weight excluding hydrogens is 244 g/mol. The van der Waals surface area contributed by atoms with Gasteiger partial charge in [0.25, 0.3) is 0 Å². The topological polar surface area (TPSA) is 17.1 Å². The van der Waals surface area contributed by atoms with Crippen molar-refractivity contribution in [1.82, 2.24) is 0 Å². The Bertz CT molecular complexity index is 480. The van der Waals surface area contributed by atoms with E-state index in [1.54, 1.807) is 0 Å². The summed E-state index contributed by atoms with van der Waals surface area (Å²) in [7, 11) is 0. The van der Waals surface area contributed by atoms with Crippen molar-refractivity contribution in [1.29, 1.82) is 0 Å². The van der Waals surface area contributed by atoms with Crippen molar-refractivity contribution in [2.45, 2.75) is 57.3 Å². The Hall–Kier alpha value is -1.37.